The van der Waals surface area contributed by atoms with Crippen LogP contribution in [0.2, 0.25) is 0 Å². The van der Waals surface area contributed by atoms with Gasteiger partial charge in [0.1, 0.15) is 0 Å². The van der Waals surface area contributed by atoms with Crippen molar-refractivity contribution in [1.29, 1.82) is 0 Å². The fourth-order valence-corrected chi connectivity index (χ4v) is 0. The average Bonchev–Trinajstić information content (AvgIpc) is 0.811. The molecular weight excluding hydrogens is 255 g/mol. The van der Waals surface area contributed by atoms with Crippen molar-refractivity contribution in [3.63, 3.8) is 0 Å². The minimum absolute atomic E-state index is 0. The van der Waals surface area contributed by atoms with Gasteiger partial charge in [0.05, 0.1) is 0 Å². The molecule has 0 aliphatic carbocycles. The summed E-state index contributed by atoms with van der Waals surface area (Å²) in [6, 6.07) is 0. The molecule has 0 unspecified atom stereocenters. The molecule has 5 radical (unpaired) electrons. The molecule has 0 bridgehead atoms. The van der Waals surface area contributed by atoms with E-state index >= 15 is 0 Å². The maximum absolute atomic E-state index is 2.08. The van der Waals surface area contributed by atoms with Crippen molar-refractivity contribution in [2.75, 3.05) is 0 Å². The Balaban J connectivity index is -0.0000000450. The molecule has 0 saturated heterocycles. The normalized spacial score (nSPS) is 7.20. The molecular formula is C4H11Pb. The molecule has 0 amide bonds. The third-order valence-electron chi connectivity index (χ3n) is 0. The van der Waals surface area contributed by atoms with E-state index in [4.69, 9.17) is 0 Å². The Hall–Kier alpha value is 0.922. The predicted octanol–water partition coefficient (Wildman–Crippen LogP) is 1.49. The van der Waals surface area contributed by atoms with Gasteiger partial charge in [-0.1, -0.05) is 20.8 Å². The molecule has 0 heterocycles. The summed E-state index contributed by atoms with van der Waals surface area (Å²) in [6.45, 7) is 6.25. The molecule has 0 aromatic carbocycles. The summed E-state index contributed by atoms with van der Waals surface area (Å²) < 4.78 is 0. The maximum atomic E-state index is 2.08. The maximum Gasteiger partial charge on any atom is 0 e. The van der Waals surface area contributed by atoms with Gasteiger partial charge in [-0.15, -0.1) is 0 Å². The Bertz CT molecular complexity index is 12.3. The van der Waals surface area contributed by atoms with Crippen molar-refractivity contribution in [3.8, 4) is 0 Å². The van der Waals surface area contributed by atoms with E-state index in [2.05, 4.69) is 20.8 Å². The molecule has 5 heavy (non-hydrogen) atoms. The van der Waals surface area contributed by atoms with E-state index < -0.39 is 0 Å². The van der Waals surface area contributed by atoms with Crippen molar-refractivity contribution in [3.05, 3.63) is 5.92 Å². The Morgan fingerprint density at radius 3 is 1.20 bits per heavy atom. The summed E-state index contributed by atoms with van der Waals surface area (Å²) in [6.07, 6.45) is 0. The van der Waals surface area contributed by atoms with Crippen LogP contribution in [0.15, 0.2) is 0 Å². The molecule has 0 aromatic heterocycles. The molecule has 0 saturated carbocycles. The number of hydrogen-bond donors (Lipinski definition) is 0. The molecule has 0 fully saturated rings. The first-order valence-electron chi connectivity index (χ1n) is 1.50. The van der Waals surface area contributed by atoms with Gasteiger partial charge in [0.25, 0.3) is 0 Å². The van der Waals surface area contributed by atoms with Gasteiger partial charge in [0.15, 0.2) is 0 Å². The summed E-state index contributed by atoms with van der Waals surface area (Å²) in [4.78, 5) is 0. The van der Waals surface area contributed by atoms with Crippen molar-refractivity contribution in [2.45, 2.75) is 20.8 Å². The molecule has 0 rings (SSSR count). The topological polar surface area (TPSA) is 0 Å². The largest absolute Gasteiger partial charge is 0.0597 e. The van der Waals surface area contributed by atoms with Crippen molar-refractivity contribution in [2.24, 2.45) is 0 Å². The zero-order chi connectivity index (χ0) is 3.58. The molecule has 0 spiro atoms. The summed E-state index contributed by atoms with van der Waals surface area (Å²) in [5.41, 5.74) is 0. The van der Waals surface area contributed by atoms with Gasteiger partial charge in [0, 0.05) is 28.7 Å². The smallest absolute Gasteiger partial charge is 0 e. The summed E-state index contributed by atoms with van der Waals surface area (Å²) in [5.74, 6) is 1.42. The fraction of sp³-hybridized carbons (Fsp3) is 0.750. The van der Waals surface area contributed by atoms with Gasteiger partial charge in [-0.3, -0.25) is 0 Å². The zero-order valence-electron chi connectivity index (χ0n) is 4.00. The number of hydrogen-bond acceptors (Lipinski definition) is 0. The predicted molar refractivity (Wildman–Crippen MR) is 28.1 cm³/mol. The second-order valence-corrected chi connectivity index (χ2v) is 1.50. The first-order chi connectivity index (χ1) is 1.73. The van der Waals surface area contributed by atoms with Crippen LogP contribution in [0.1, 0.15) is 22.2 Å². The van der Waals surface area contributed by atoms with E-state index in [1.54, 1.807) is 0 Å². The minimum Gasteiger partial charge on any atom is -0.0597 e. The summed E-state index contributed by atoms with van der Waals surface area (Å²) >= 11 is 0. The van der Waals surface area contributed by atoms with Crippen LogP contribution in [0.25, 0.3) is 0 Å². The van der Waals surface area contributed by atoms with Crippen LogP contribution in [0, 0.1) is 5.92 Å². The van der Waals surface area contributed by atoms with Gasteiger partial charge >= 0.3 is 0 Å². The monoisotopic (exact) mass is 267 g/mol. The second-order valence-electron chi connectivity index (χ2n) is 1.50. The van der Waals surface area contributed by atoms with Crippen LogP contribution < -0.4 is 0 Å². The molecule has 0 N–H and O–H groups in total. The van der Waals surface area contributed by atoms with Gasteiger partial charge in [-0.25, -0.2) is 0 Å². The van der Waals surface area contributed by atoms with Crippen LogP contribution >= 0.6 is 0 Å². The standard InChI is InChI=1S/C4H9.Pb.H2/c1-4(2)3;;/h1-3H3;;1H. The molecule has 1 heteroatoms. The Labute approximate surface area is 55.6 Å². The van der Waals surface area contributed by atoms with Crippen LogP contribution in [0.4, 0.5) is 0 Å². The van der Waals surface area contributed by atoms with Gasteiger partial charge in [-0.2, -0.15) is 0 Å². The molecule has 0 aliphatic heterocycles. The van der Waals surface area contributed by atoms with Crippen molar-refractivity contribution in [1.82, 2.24) is 0 Å². The zero-order valence-corrected chi connectivity index (χ0v) is 7.89. The SMILES string of the molecule is C[C](C)C.[HH].[Pb]. The Morgan fingerprint density at radius 1 is 1.20 bits per heavy atom. The van der Waals surface area contributed by atoms with Crippen LogP contribution in [0.5, 0.6) is 0 Å². The summed E-state index contributed by atoms with van der Waals surface area (Å²) in [5, 5.41) is 0. The van der Waals surface area contributed by atoms with Crippen molar-refractivity contribution < 1.29 is 1.43 Å². The molecule has 31 valence electrons. The van der Waals surface area contributed by atoms with E-state index in [0.717, 1.165) is 0 Å². The third-order valence-corrected chi connectivity index (χ3v) is 0. The van der Waals surface area contributed by atoms with Crippen LogP contribution in [0.3, 0.4) is 0 Å². The summed E-state index contributed by atoms with van der Waals surface area (Å²) in [7, 11) is 0. The first kappa shape index (κ1) is 9.33. The van der Waals surface area contributed by atoms with E-state index in [1.807, 2.05) is 0 Å². The quantitative estimate of drug-likeness (QED) is 0.583. The molecule has 0 nitrogen and oxygen atoms in total. The Morgan fingerprint density at radius 2 is 1.20 bits per heavy atom. The van der Waals surface area contributed by atoms with E-state index in [9.17, 15) is 0 Å². The van der Waals surface area contributed by atoms with Gasteiger partial charge in [-0.05, 0) is 5.92 Å². The van der Waals surface area contributed by atoms with E-state index in [-0.39, 0.29) is 28.7 Å². The third kappa shape index (κ3) is 49.4. The first-order valence-corrected chi connectivity index (χ1v) is 1.50. The Kier molecular flexibility index (Phi) is 9.18. The van der Waals surface area contributed by atoms with Crippen LogP contribution in [-0.4, -0.2) is 27.3 Å². The van der Waals surface area contributed by atoms with Crippen LogP contribution in [-0.2, 0) is 0 Å². The fourth-order valence-electron chi connectivity index (χ4n) is 0. The van der Waals surface area contributed by atoms with Gasteiger partial charge in [0.2, 0.25) is 0 Å². The average molecular weight is 266 g/mol. The van der Waals surface area contributed by atoms with E-state index in [1.165, 1.54) is 5.92 Å². The minimum atomic E-state index is 0. The van der Waals surface area contributed by atoms with E-state index in [0.29, 0.717) is 0 Å². The molecule has 0 aliphatic rings. The number of rotatable bonds is 0. The molecule has 0 atom stereocenters. The second kappa shape index (κ2) is 4.92. The van der Waals surface area contributed by atoms with Crippen molar-refractivity contribution >= 4 is 27.3 Å². The molecule has 0 aromatic rings. The van der Waals surface area contributed by atoms with Gasteiger partial charge < -0.3 is 0 Å².